The average Bonchev–Trinajstić information content (AvgIpc) is 2.41. The minimum absolute atomic E-state index is 0.0251. The summed E-state index contributed by atoms with van der Waals surface area (Å²) in [5, 5.41) is 15.2. The van der Waals surface area contributed by atoms with E-state index < -0.39 is 0 Å². The lowest BCUT2D eigenvalue weighted by molar-refractivity contribution is -0.120. The van der Waals surface area contributed by atoms with Crippen molar-refractivity contribution < 1.29 is 14.6 Å². The van der Waals surface area contributed by atoms with Crippen LogP contribution >= 0.6 is 0 Å². The number of rotatable bonds is 2. The molecule has 5 nitrogen and oxygen atoms in total. The summed E-state index contributed by atoms with van der Waals surface area (Å²) in [5.41, 5.74) is 0.985. The van der Waals surface area contributed by atoms with Gasteiger partial charge in [0.1, 0.15) is 23.1 Å². The molecule has 1 amide bonds. The molecule has 0 saturated heterocycles. The van der Waals surface area contributed by atoms with Crippen molar-refractivity contribution in [1.29, 1.82) is 0 Å². The first kappa shape index (κ1) is 11.6. The minimum Gasteiger partial charge on any atom is -0.508 e. The molecule has 5 heteroatoms. The van der Waals surface area contributed by atoms with Gasteiger partial charge in [-0.05, 0) is 36.8 Å². The Kier molecular flexibility index (Phi) is 2.87. The fraction of sp³-hybridized carbons (Fsp3) is 0.214. The highest BCUT2D eigenvalue weighted by atomic mass is 16.5. The standard InChI is InChI=1S/C14H14N2O3/c17-9-1-3-10(4-2-9)19-12-7-8-15-14-11(12)5-6-13(18)16-14/h1-4,7,15,17H,5-6,8H2,(H,16,18). The molecular weight excluding hydrogens is 244 g/mol. The van der Waals surface area contributed by atoms with Crippen molar-refractivity contribution in [1.82, 2.24) is 10.6 Å². The Labute approximate surface area is 110 Å². The zero-order valence-corrected chi connectivity index (χ0v) is 10.3. The molecule has 0 bridgehead atoms. The monoisotopic (exact) mass is 258 g/mol. The molecule has 19 heavy (non-hydrogen) atoms. The van der Waals surface area contributed by atoms with Crippen LogP contribution in [0.3, 0.4) is 0 Å². The number of amides is 1. The fourth-order valence-electron chi connectivity index (χ4n) is 2.15. The number of ether oxygens (including phenoxy) is 1. The first-order chi connectivity index (χ1) is 9.22. The van der Waals surface area contributed by atoms with Gasteiger partial charge in [-0.3, -0.25) is 4.79 Å². The quantitative estimate of drug-likeness (QED) is 0.749. The van der Waals surface area contributed by atoms with E-state index in [9.17, 15) is 9.90 Å². The molecule has 2 aliphatic heterocycles. The molecule has 0 aromatic heterocycles. The number of hydrogen-bond donors (Lipinski definition) is 3. The van der Waals surface area contributed by atoms with Gasteiger partial charge in [0, 0.05) is 18.5 Å². The number of phenols is 1. The number of aromatic hydroxyl groups is 1. The molecular formula is C14H14N2O3. The third-order valence-electron chi connectivity index (χ3n) is 3.10. The topological polar surface area (TPSA) is 70.6 Å². The number of nitrogens with one attached hydrogen (secondary N) is 2. The summed E-state index contributed by atoms with van der Waals surface area (Å²) < 4.78 is 5.82. The zero-order chi connectivity index (χ0) is 13.2. The van der Waals surface area contributed by atoms with Crippen LogP contribution in [0.5, 0.6) is 11.5 Å². The maximum Gasteiger partial charge on any atom is 0.225 e. The normalized spacial score (nSPS) is 18.1. The maximum atomic E-state index is 11.3. The zero-order valence-electron chi connectivity index (χ0n) is 10.3. The lowest BCUT2D eigenvalue weighted by Crippen LogP contribution is -2.39. The van der Waals surface area contributed by atoms with E-state index in [1.807, 2.05) is 6.08 Å². The van der Waals surface area contributed by atoms with Gasteiger partial charge in [0.15, 0.2) is 0 Å². The van der Waals surface area contributed by atoms with E-state index >= 15 is 0 Å². The van der Waals surface area contributed by atoms with Crippen molar-refractivity contribution in [2.45, 2.75) is 12.8 Å². The number of carbonyl (C=O) groups excluding carboxylic acids is 1. The highest BCUT2D eigenvalue weighted by molar-refractivity contribution is 5.80. The molecule has 2 heterocycles. The molecule has 3 N–H and O–H groups in total. The Morgan fingerprint density at radius 3 is 2.74 bits per heavy atom. The van der Waals surface area contributed by atoms with Gasteiger partial charge in [0.05, 0.1) is 0 Å². The van der Waals surface area contributed by atoms with Crippen LogP contribution in [-0.4, -0.2) is 17.6 Å². The smallest absolute Gasteiger partial charge is 0.225 e. The second-order valence-corrected chi connectivity index (χ2v) is 4.45. The van der Waals surface area contributed by atoms with Crippen LogP contribution < -0.4 is 15.4 Å². The largest absolute Gasteiger partial charge is 0.508 e. The Hall–Kier alpha value is -2.43. The molecule has 0 radical (unpaired) electrons. The van der Waals surface area contributed by atoms with Crippen molar-refractivity contribution in [3.8, 4) is 11.5 Å². The van der Waals surface area contributed by atoms with Gasteiger partial charge in [-0.1, -0.05) is 0 Å². The van der Waals surface area contributed by atoms with E-state index in [0.29, 0.717) is 25.1 Å². The van der Waals surface area contributed by atoms with E-state index in [2.05, 4.69) is 10.6 Å². The summed E-state index contributed by atoms with van der Waals surface area (Å²) in [7, 11) is 0. The highest BCUT2D eigenvalue weighted by Crippen LogP contribution is 2.27. The number of benzene rings is 1. The van der Waals surface area contributed by atoms with Crippen LogP contribution in [0.15, 0.2) is 47.5 Å². The van der Waals surface area contributed by atoms with Gasteiger partial charge in [0.2, 0.25) is 5.91 Å². The second kappa shape index (κ2) is 4.68. The first-order valence-corrected chi connectivity index (χ1v) is 6.16. The van der Waals surface area contributed by atoms with Crippen molar-refractivity contribution in [3.63, 3.8) is 0 Å². The summed E-state index contributed by atoms with van der Waals surface area (Å²) in [4.78, 5) is 11.3. The summed E-state index contributed by atoms with van der Waals surface area (Å²) in [6, 6.07) is 6.57. The van der Waals surface area contributed by atoms with Gasteiger partial charge < -0.3 is 20.5 Å². The fourth-order valence-corrected chi connectivity index (χ4v) is 2.15. The third-order valence-corrected chi connectivity index (χ3v) is 3.10. The van der Waals surface area contributed by atoms with Gasteiger partial charge in [-0.2, -0.15) is 0 Å². The van der Waals surface area contributed by atoms with E-state index in [-0.39, 0.29) is 11.7 Å². The number of phenolic OH excluding ortho intramolecular Hbond substituents is 1. The van der Waals surface area contributed by atoms with Crippen LogP contribution in [-0.2, 0) is 4.79 Å². The molecule has 3 rings (SSSR count). The molecule has 0 aliphatic carbocycles. The predicted octanol–water partition coefficient (Wildman–Crippen LogP) is 1.38. The van der Waals surface area contributed by atoms with Crippen LogP contribution in [0.2, 0.25) is 0 Å². The molecule has 0 spiro atoms. The van der Waals surface area contributed by atoms with Crippen molar-refractivity contribution in [3.05, 3.63) is 47.5 Å². The van der Waals surface area contributed by atoms with Crippen LogP contribution in [0, 0.1) is 0 Å². The number of dihydropyridines is 1. The van der Waals surface area contributed by atoms with E-state index in [1.165, 1.54) is 0 Å². The third kappa shape index (κ3) is 2.40. The van der Waals surface area contributed by atoms with E-state index in [0.717, 1.165) is 17.2 Å². The Balaban J connectivity index is 1.82. The second-order valence-electron chi connectivity index (χ2n) is 4.45. The predicted molar refractivity (Wildman–Crippen MR) is 69.2 cm³/mol. The molecule has 1 aromatic carbocycles. The highest BCUT2D eigenvalue weighted by Gasteiger charge is 2.24. The SMILES string of the molecule is O=C1CCC2=C(NCC=C2Oc2ccc(O)cc2)N1. The van der Waals surface area contributed by atoms with E-state index in [1.54, 1.807) is 24.3 Å². The van der Waals surface area contributed by atoms with E-state index in [4.69, 9.17) is 4.74 Å². The Morgan fingerprint density at radius 1 is 1.16 bits per heavy atom. The van der Waals surface area contributed by atoms with Gasteiger partial charge >= 0.3 is 0 Å². The molecule has 0 saturated carbocycles. The molecule has 0 atom stereocenters. The molecule has 2 aliphatic rings. The molecule has 0 fully saturated rings. The summed E-state index contributed by atoms with van der Waals surface area (Å²) >= 11 is 0. The number of carbonyl (C=O) groups is 1. The maximum absolute atomic E-state index is 11.3. The first-order valence-electron chi connectivity index (χ1n) is 6.16. The summed E-state index contributed by atoms with van der Waals surface area (Å²) in [6.45, 7) is 0.618. The van der Waals surface area contributed by atoms with Crippen molar-refractivity contribution in [2.24, 2.45) is 0 Å². The Morgan fingerprint density at radius 2 is 1.95 bits per heavy atom. The van der Waals surface area contributed by atoms with Gasteiger partial charge in [-0.25, -0.2) is 0 Å². The minimum atomic E-state index is 0.0251. The number of hydrogen-bond acceptors (Lipinski definition) is 4. The lowest BCUT2D eigenvalue weighted by Gasteiger charge is -2.26. The Bertz CT molecular complexity index is 573. The van der Waals surface area contributed by atoms with Crippen molar-refractivity contribution in [2.75, 3.05) is 6.54 Å². The number of allylic oxidation sites excluding steroid dienone is 1. The van der Waals surface area contributed by atoms with Gasteiger partial charge in [-0.15, -0.1) is 0 Å². The lowest BCUT2D eigenvalue weighted by atomic mass is 10.0. The van der Waals surface area contributed by atoms with Gasteiger partial charge in [0.25, 0.3) is 0 Å². The van der Waals surface area contributed by atoms with Crippen LogP contribution in [0.1, 0.15) is 12.8 Å². The molecule has 0 unspecified atom stereocenters. The molecule has 98 valence electrons. The average molecular weight is 258 g/mol. The summed E-state index contributed by atoms with van der Waals surface area (Å²) in [6.07, 6.45) is 3.08. The van der Waals surface area contributed by atoms with Crippen LogP contribution in [0.4, 0.5) is 0 Å². The summed E-state index contributed by atoms with van der Waals surface area (Å²) in [5.74, 6) is 2.40. The molecule has 1 aromatic rings. The van der Waals surface area contributed by atoms with Crippen LogP contribution in [0.25, 0.3) is 0 Å². The van der Waals surface area contributed by atoms with Crippen molar-refractivity contribution >= 4 is 5.91 Å².